The molecule has 1 N–H and O–H groups in total. The van der Waals surface area contributed by atoms with Gasteiger partial charge >= 0.3 is 0 Å². The Bertz CT molecular complexity index is 601. The van der Waals surface area contributed by atoms with Gasteiger partial charge in [-0.3, -0.25) is 4.79 Å². The third-order valence-electron chi connectivity index (χ3n) is 4.27. The average Bonchev–Trinajstić information content (AvgIpc) is 2.96. The quantitative estimate of drug-likeness (QED) is 0.920. The maximum atomic E-state index is 12.5. The van der Waals surface area contributed by atoms with E-state index in [0.29, 0.717) is 0 Å². The van der Waals surface area contributed by atoms with Gasteiger partial charge in [-0.05, 0) is 32.0 Å². The van der Waals surface area contributed by atoms with E-state index in [1.165, 1.54) is 38.4 Å². The highest BCUT2D eigenvalue weighted by molar-refractivity contribution is 7.89. The van der Waals surface area contributed by atoms with Crippen molar-refractivity contribution in [2.75, 3.05) is 14.1 Å². The second-order valence-corrected chi connectivity index (χ2v) is 7.56. The van der Waals surface area contributed by atoms with Crippen LogP contribution in [-0.4, -0.2) is 39.4 Å². The lowest BCUT2D eigenvalue weighted by molar-refractivity contribution is 0.0669. The lowest BCUT2D eigenvalue weighted by atomic mass is 9.96. The Morgan fingerprint density at radius 1 is 1.18 bits per heavy atom. The minimum atomic E-state index is -3.66. The van der Waals surface area contributed by atoms with Crippen LogP contribution in [0.1, 0.15) is 55.5 Å². The van der Waals surface area contributed by atoms with E-state index < -0.39 is 10.0 Å². The molecule has 0 radical (unpaired) electrons. The molecule has 0 saturated heterocycles. The van der Waals surface area contributed by atoms with Gasteiger partial charge < -0.3 is 9.32 Å². The fourth-order valence-electron chi connectivity index (χ4n) is 2.84. The second-order valence-electron chi connectivity index (χ2n) is 5.74. The van der Waals surface area contributed by atoms with E-state index in [2.05, 4.69) is 4.72 Å². The van der Waals surface area contributed by atoms with E-state index in [9.17, 15) is 13.2 Å². The molecule has 0 bridgehead atoms. The summed E-state index contributed by atoms with van der Waals surface area (Å²) in [6, 6.07) is 2.93. The van der Waals surface area contributed by atoms with Crippen LogP contribution in [0.3, 0.4) is 0 Å². The van der Waals surface area contributed by atoms with E-state index >= 15 is 0 Å². The van der Waals surface area contributed by atoms with E-state index in [4.69, 9.17) is 4.42 Å². The van der Waals surface area contributed by atoms with Crippen molar-refractivity contribution in [3.05, 3.63) is 17.9 Å². The van der Waals surface area contributed by atoms with Crippen molar-refractivity contribution in [1.82, 2.24) is 9.62 Å². The Hall–Kier alpha value is -1.34. The van der Waals surface area contributed by atoms with E-state index in [0.717, 1.165) is 25.7 Å². The average molecular weight is 328 g/mol. The maximum Gasteiger partial charge on any atom is 0.289 e. The lowest BCUT2D eigenvalue weighted by Gasteiger charge is -2.29. The Morgan fingerprint density at radius 3 is 2.36 bits per heavy atom. The SMILES string of the molecule is CNS(=O)(=O)c1ccc(C(=O)N(C)C2CCCCCCC2)o1. The number of nitrogens with one attached hydrogen (secondary N) is 1. The van der Waals surface area contributed by atoms with Crippen LogP contribution in [0.2, 0.25) is 0 Å². The minimum absolute atomic E-state index is 0.0679. The van der Waals surface area contributed by atoms with Gasteiger partial charge in [0.15, 0.2) is 5.76 Å². The van der Waals surface area contributed by atoms with Gasteiger partial charge in [-0.2, -0.15) is 0 Å². The van der Waals surface area contributed by atoms with Crippen LogP contribution in [-0.2, 0) is 10.0 Å². The highest BCUT2D eigenvalue weighted by Gasteiger charge is 2.25. The number of hydrogen-bond acceptors (Lipinski definition) is 4. The molecule has 7 heteroatoms. The predicted molar refractivity (Wildman–Crippen MR) is 83.2 cm³/mol. The Morgan fingerprint density at radius 2 is 1.77 bits per heavy atom. The van der Waals surface area contributed by atoms with Crippen LogP contribution in [0, 0.1) is 0 Å². The molecule has 1 aliphatic rings. The molecule has 0 aliphatic heterocycles. The Kier molecular flexibility index (Phi) is 5.63. The molecule has 0 atom stereocenters. The summed E-state index contributed by atoms with van der Waals surface area (Å²) in [5.41, 5.74) is 0. The van der Waals surface area contributed by atoms with Gasteiger partial charge in [0.1, 0.15) is 0 Å². The molecular formula is C15H24N2O4S. The molecular weight excluding hydrogens is 304 g/mol. The molecule has 0 spiro atoms. The summed E-state index contributed by atoms with van der Waals surface area (Å²) >= 11 is 0. The van der Waals surface area contributed by atoms with Crippen molar-refractivity contribution >= 4 is 15.9 Å². The summed E-state index contributed by atoms with van der Waals surface area (Å²) in [6.07, 6.45) is 7.93. The van der Waals surface area contributed by atoms with Gasteiger partial charge in [0.05, 0.1) is 0 Å². The number of sulfonamides is 1. The highest BCUT2D eigenvalue weighted by Crippen LogP contribution is 2.23. The molecule has 1 amide bonds. The van der Waals surface area contributed by atoms with E-state index in [1.54, 1.807) is 11.9 Å². The summed E-state index contributed by atoms with van der Waals surface area (Å²) in [5.74, 6) is -0.193. The molecule has 22 heavy (non-hydrogen) atoms. The van der Waals surface area contributed by atoms with Crippen molar-refractivity contribution in [3.63, 3.8) is 0 Å². The molecule has 0 aromatic carbocycles. The van der Waals surface area contributed by atoms with Gasteiger partial charge in [-0.15, -0.1) is 0 Å². The zero-order chi connectivity index (χ0) is 16.2. The first-order chi connectivity index (χ1) is 10.5. The van der Waals surface area contributed by atoms with Crippen LogP contribution in [0.15, 0.2) is 21.6 Å². The van der Waals surface area contributed by atoms with Crippen molar-refractivity contribution in [3.8, 4) is 0 Å². The number of rotatable bonds is 4. The van der Waals surface area contributed by atoms with Crippen LogP contribution in [0.25, 0.3) is 0 Å². The van der Waals surface area contributed by atoms with Crippen LogP contribution in [0.4, 0.5) is 0 Å². The van der Waals surface area contributed by atoms with Crippen LogP contribution >= 0.6 is 0 Å². The Balaban J connectivity index is 2.10. The lowest BCUT2D eigenvalue weighted by Crippen LogP contribution is -2.37. The third kappa shape index (κ3) is 3.89. The molecule has 6 nitrogen and oxygen atoms in total. The first kappa shape index (κ1) is 17.0. The molecule has 1 heterocycles. The van der Waals surface area contributed by atoms with Gasteiger partial charge in [0.2, 0.25) is 5.09 Å². The Labute approximate surface area is 131 Å². The summed E-state index contributed by atoms with van der Waals surface area (Å²) in [7, 11) is -0.587. The predicted octanol–water partition coefficient (Wildman–Crippen LogP) is 2.37. The molecule has 1 saturated carbocycles. The molecule has 0 unspecified atom stereocenters. The fraction of sp³-hybridized carbons (Fsp3) is 0.667. The number of nitrogens with zero attached hydrogens (tertiary/aromatic N) is 1. The number of amides is 1. The molecule has 2 rings (SSSR count). The van der Waals surface area contributed by atoms with Crippen molar-refractivity contribution in [1.29, 1.82) is 0 Å². The fourth-order valence-corrected chi connectivity index (χ4v) is 3.49. The summed E-state index contributed by atoms with van der Waals surface area (Å²) in [5, 5.41) is -0.232. The number of carbonyl (C=O) groups is 1. The molecule has 1 aromatic rings. The summed E-state index contributed by atoms with van der Waals surface area (Å²) < 4.78 is 30.7. The molecule has 1 aromatic heterocycles. The van der Waals surface area contributed by atoms with Crippen molar-refractivity contribution < 1.29 is 17.6 Å². The van der Waals surface area contributed by atoms with Gasteiger partial charge in [-0.1, -0.05) is 32.1 Å². The topological polar surface area (TPSA) is 79.6 Å². The third-order valence-corrected chi connectivity index (χ3v) is 5.56. The largest absolute Gasteiger partial charge is 0.438 e. The summed E-state index contributed by atoms with van der Waals surface area (Å²) in [4.78, 5) is 14.2. The van der Waals surface area contributed by atoms with Gasteiger partial charge in [0.25, 0.3) is 15.9 Å². The van der Waals surface area contributed by atoms with E-state index in [-0.39, 0.29) is 22.8 Å². The zero-order valence-corrected chi connectivity index (χ0v) is 14.0. The zero-order valence-electron chi connectivity index (χ0n) is 13.2. The number of hydrogen-bond donors (Lipinski definition) is 1. The molecule has 1 aliphatic carbocycles. The molecule has 1 fully saturated rings. The first-order valence-corrected chi connectivity index (χ1v) is 9.24. The maximum absolute atomic E-state index is 12.5. The minimum Gasteiger partial charge on any atom is -0.438 e. The van der Waals surface area contributed by atoms with Crippen molar-refractivity contribution in [2.24, 2.45) is 0 Å². The normalized spacial score (nSPS) is 17.7. The summed E-state index contributed by atoms with van der Waals surface area (Å²) in [6.45, 7) is 0. The van der Waals surface area contributed by atoms with Crippen LogP contribution < -0.4 is 4.72 Å². The molecule has 124 valence electrons. The number of furan rings is 1. The van der Waals surface area contributed by atoms with Crippen molar-refractivity contribution in [2.45, 2.75) is 56.1 Å². The second kappa shape index (κ2) is 7.28. The van der Waals surface area contributed by atoms with E-state index in [1.807, 2.05) is 0 Å². The first-order valence-electron chi connectivity index (χ1n) is 7.76. The monoisotopic (exact) mass is 328 g/mol. The van der Waals surface area contributed by atoms with Gasteiger partial charge in [-0.25, -0.2) is 13.1 Å². The van der Waals surface area contributed by atoms with Gasteiger partial charge in [0, 0.05) is 13.1 Å². The number of carbonyl (C=O) groups excluding carboxylic acids is 1. The van der Waals surface area contributed by atoms with Crippen LogP contribution in [0.5, 0.6) is 0 Å². The standard InChI is InChI=1S/C15H24N2O4S/c1-16-22(19,20)14-11-10-13(21-14)15(18)17(2)12-8-6-4-3-5-7-9-12/h10-12,16H,3-9H2,1-2H3. The smallest absolute Gasteiger partial charge is 0.289 e. The highest BCUT2D eigenvalue weighted by atomic mass is 32.2.